The summed E-state index contributed by atoms with van der Waals surface area (Å²) in [5, 5.41) is 11.8. The van der Waals surface area contributed by atoms with Crippen LogP contribution < -0.4 is 5.32 Å². The lowest BCUT2D eigenvalue weighted by Gasteiger charge is -2.13. The molecule has 6 nitrogen and oxygen atoms in total. The minimum atomic E-state index is -1.02. The van der Waals surface area contributed by atoms with E-state index in [1.54, 1.807) is 6.20 Å². The molecule has 136 valence electrons. The summed E-state index contributed by atoms with van der Waals surface area (Å²) in [6, 6.07) is -0.906. The second-order valence-electron chi connectivity index (χ2n) is 6.32. The van der Waals surface area contributed by atoms with Crippen molar-refractivity contribution in [2.45, 2.75) is 83.6 Å². The first-order valence-electron chi connectivity index (χ1n) is 9.13. The van der Waals surface area contributed by atoms with Gasteiger partial charge in [-0.2, -0.15) is 0 Å². The average molecular weight is 337 g/mol. The fourth-order valence-electron chi connectivity index (χ4n) is 2.68. The fraction of sp³-hybridized carbons (Fsp3) is 0.722. The standard InChI is InChI=1S/C18H31N3O3/c1-2-3-4-5-6-7-8-9-10-11-17(22)21-16(18(23)24)12-15-13-19-14-20-15/h13-14,16H,2-12H2,1H3,(H,19,20)(H,21,22)(H,23,24)/t16-/m1/s1. The van der Waals surface area contributed by atoms with Gasteiger partial charge in [0.1, 0.15) is 6.04 Å². The van der Waals surface area contributed by atoms with Crippen LogP contribution in [-0.2, 0) is 16.0 Å². The maximum absolute atomic E-state index is 11.9. The molecule has 0 aromatic carbocycles. The summed E-state index contributed by atoms with van der Waals surface area (Å²) in [6.45, 7) is 2.22. The number of carboxylic acid groups (broad SMARTS) is 1. The second kappa shape index (κ2) is 12.6. The smallest absolute Gasteiger partial charge is 0.326 e. The van der Waals surface area contributed by atoms with Gasteiger partial charge in [-0.05, 0) is 6.42 Å². The highest BCUT2D eigenvalue weighted by Crippen LogP contribution is 2.10. The number of aromatic amines is 1. The van der Waals surface area contributed by atoms with Gasteiger partial charge in [0, 0.05) is 24.7 Å². The number of carbonyl (C=O) groups excluding carboxylic acids is 1. The maximum atomic E-state index is 11.9. The molecule has 0 unspecified atom stereocenters. The van der Waals surface area contributed by atoms with E-state index in [1.165, 1.54) is 44.9 Å². The molecule has 0 fully saturated rings. The zero-order chi connectivity index (χ0) is 17.6. The number of aromatic nitrogens is 2. The van der Waals surface area contributed by atoms with E-state index in [0.29, 0.717) is 12.1 Å². The number of hydrogen-bond donors (Lipinski definition) is 3. The second-order valence-corrected chi connectivity index (χ2v) is 6.32. The van der Waals surface area contributed by atoms with Gasteiger partial charge in [0.05, 0.1) is 6.33 Å². The number of nitrogens with one attached hydrogen (secondary N) is 2. The summed E-state index contributed by atoms with van der Waals surface area (Å²) in [5.41, 5.74) is 0.700. The highest BCUT2D eigenvalue weighted by molar-refractivity contribution is 5.83. The molecule has 0 radical (unpaired) electrons. The van der Waals surface area contributed by atoms with Gasteiger partial charge in [-0.15, -0.1) is 0 Å². The van der Waals surface area contributed by atoms with E-state index in [2.05, 4.69) is 22.2 Å². The van der Waals surface area contributed by atoms with Gasteiger partial charge in [0.25, 0.3) is 0 Å². The van der Waals surface area contributed by atoms with Gasteiger partial charge in [-0.1, -0.05) is 58.3 Å². The van der Waals surface area contributed by atoms with Crippen LogP contribution in [0.5, 0.6) is 0 Å². The largest absolute Gasteiger partial charge is 0.480 e. The van der Waals surface area contributed by atoms with Crippen LogP contribution in [0, 0.1) is 0 Å². The topological polar surface area (TPSA) is 95.1 Å². The fourth-order valence-corrected chi connectivity index (χ4v) is 2.68. The van der Waals surface area contributed by atoms with Crippen molar-refractivity contribution in [3.05, 3.63) is 18.2 Å². The van der Waals surface area contributed by atoms with E-state index in [9.17, 15) is 14.7 Å². The quantitative estimate of drug-likeness (QED) is 0.453. The van der Waals surface area contributed by atoms with Gasteiger partial charge < -0.3 is 15.4 Å². The normalized spacial score (nSPS) is 12.0. The number of H-pyrrole nitrogens is 1. The molecule has 1 rings (SSSR count). The summed E-state index contributed by atoms with van der Waals surface area (Å²) >= 11 is 0. The average Bonchev–Trinajstić information content (AvgIpc) is 3.05. The number of aliphatic carboxylic acids is 1. The molecule has 6 heteroatoms. The SMILES string of the molecule is CCCCCCCCCCCC(=O)N[C@H](Cc1cnc[nH]1)C(=O)O. The maximum Gasteiger partial charge on any atom is 0.326 e. The van der Waals surface area contributed by atoms with Gasteiger partial charge in [-0.3, -0.25) is 4.79 Å². The third kappa shape index (κ3) is 9.33. The van der Waals surface area contributed by atoms with E-state index in [-0.39, 0.29) is 12.3 Å². The summed E-state index contributed by atoms with van der Waals surface area (Å²) in [5.74, 6) is -1.21. The van der Waals surface area contributed by atoms with Crippen LogP contribution in [0.2, 0.25) is 0 Å². The number of unbranched alkanes of at least 4 members (excludes halogenated alkanes) is 8. The third-order valence-electron chi connectivity index (χ3n) is 4.12. The van der Waals surface area contributed by atoms with Crippen molar-refractivity contribution in [2.75, 3.05) is 0 Å². The number of imidazole rings is 1. The molecule has 0 saturated carbocycles. The Morgan fingerprint density at radius 2 is 1.75 bits per heavy atom. The molecule has 0 aliphatic carbocycles. The van der Waals surface area contributed by atoms with Crippen molar-refractivity contribution < 1.29 is 14.7 Å². The van der Waals surface area contributed by atoms with E-state index < -0.39 is 12.0 Å². The lowest BCUT2D eigenvalue weighted by molar-refractivity contribution is -0.141. The number of carboxylic acids is 1. The molecule has 0 saturated heterocycles. The molecule has 1 aromatic rings. The molecule has 3 N–H and O–H groups in total. The molecular weight excluding hydrogens is 306 g/mol. The number of nitrogens with zero attached hydrogens (tertiary/aromatic N) is 1. The minimum Gasteiger partial charge on any atom is -0.480 e. The molecule has 0 aliphatic rings. The first kappa shape index (κ1) is 20.2. The van der Waals surface area contributed by atoms with Gasteiger partial charge in [0.15, 0.2) is 0 Å². The summed E-state index contributed by atoms with van der Waals surface area (Å²) < 4.78 is 0. The molecule has 24 heavy (non-hydrogen) atoms. The van der Waals surface area contributed by atoms with Crippen LogP contribution in [0.4, 0.5) is 0 Å². The molecule has 0 spiro atoms. The highest BCUT2D eigenvalue weighted by atomic mass is 16.4. The molecule has 0 aliphatic heterocycles. The lowest BCUT2D eigenvalue weighted by atomic mass is 10.1. The highest BCUT2D eigenvalue weighted by Gasteiger charge is 2.20. The molecule has 1 atom stereocenters. The van der Waals surface area contributed by atoms with Crippen LogP contribution >= 0.6 is 0 Å². The Bertz CT molecular complexity index is 460. The summed E-state index contributed by atoms with van der Waals surface area (Å²) in [7, 11) is 0. The predicted octanol–water partition coefficient (Wildman–Crippen LogP) is 3.44. The number of amides is 1. The molecule has 1 amide bonds. The van der Waals surface area contributed by atoms with Crippen molar-refractivity contribution in [1.29, 1.82) is 0 Å². The zero-order valence-electron chi connectivity index (χ0n) is 14.7. The first-order chi connectivity index (χ1) is 11.6. The van der Waals surface area contributed by atoms with Crippen LogP contribution in [0.25, 0.3) is 0 Å². The lowest BCUT2D eigenvalue weighted by Crippen LogP contribution is -2.42. The van der Waals surface area contributed by atoms with E-state index in [4.69, 9.17) is 0 Å². The van der Waals surface area contributed by atoms with Gasteiger partial charge in [-0.25, -0.2) is 9.78 Å². The number of rotatable bonds is 14. The molecular formula is C18H31N3O3. The van der Waals surface area contributed by atoms with Gasteiger partial charge >= 0.3 is 5.97 Å². The Balaban J connectivity index is 2.10. The van der Waals surface area contributed by atoms with Crippen molar-refractivity contribution >= 4 is 11.9 Å². The van der Waals surface area contributed by atoms with Crippen LogP contribution in [-0.4, -0.2) is 33.0 Å². The van der Waals surface area contributed by atoms with Crippen molar-refractivity contribution in [1.82, 2.24) is 15.3 Å². The Labute approximate surface area is 144 Å². The van der Waals surface area contributed by atoms with E-state index in [0.717, 1.165) is 19.3 Å². The monoisotopic (exact) mass is 337 g/mol. The molecule has 0 bridgehead atoms. The predicted molar refractivity (Wildman–Crippen MR) is 93.7 cm³/mol. The van der Waals surface area contributed by atoms with E-state index in [1.807, 2.05) is 0 Å². The number of carbonyl (C=O) groups is 2. The Kier molecular flexibility index (Phi) is 10.6. The third-order valence-corrected chi connectivity index (χ3v) is 4.12. The summed E-state index contributed by atoms with van der Waals surface area (Å²) in [6.07, 6.45) is 14.4. The Hall–Kier alpha value is -1.85. The molecule has 1 aromatic heterocycles. The van der Waals surface area contributed by atoms with Crippen molar-refractivity contribution in [2.24, 2.45) is 0 Å². The number of hydrogen-bond acceptors (Lipinski definition) is 3. The van der Waals surface area contributed by atoms with Crippen LogP contribution in [0.1, 0.15) is 76.8 Å². The Morgan fingerprint density at radius 3 is 2.29 bits per heavy atom. The van der Waals surface area contributed by atoms with Crippen molar-refractivity contribution in [3.8, 4) is 0 Å². The van der Waals surface area contributed by atoms with Crippen molar-refractivity contribution in [3.63, 3.8) is 0 Å². The van der Waals surface area contributed by atoms with E-state index >= 15 is 0 Å². The molecule has 1 heterocycles. The summed E-state index contributed by atoms with van der Waals surface area (Å²) in [4.78, 5) is 29.8. The van der Waals surface area contributed by atoms with Crippen LogP contribution in [0.15, 0.2) is 12.5 Å². The minimum absolute atomic E-state index is 0.190. The zero-order valence-corrected chi connectivity index (χ0v) is 14.7. The Morgan fingerprint density at radius 1 is 1.12 bits per heavy atom. The first-order valence-corrected chi connectivity index (χ1v) is 9.13. The van der Waals surface area contributed by atoms with Crippen LogP contribution in [0.3, 0.4) is 0 Å². The van der Waals surface area contributed by atoms with Gasteiger partial charge in [0.2, 0.25) is 5.91 Å².